The van der Waals surface area contributed by atoms with Gasteiger partial charge in [0.25, 0.3) is 0 Å². The molecule has 0 aliphatic carbocycles. The first kappa shape index (κ1) is 15.0. The van der Waals surface area contributed by atoms with E-state index in [1.54, 1.807) is 0 Å². The standard InChI is InChI=1S/C16H25N3O/c1-12-7-8-13(2)19(10-12)11-15-6-4-3-5-14(15)9-16(20)18-17/h3-6,12-13H,7-11,17H2,1-2H3,(H,18,20). The molecule has 1 aliphatic rings. The Morgan fingerprint density at radius 2 is 2.00 bits per heavy atom. The quantitative estimate of drug-likeness (QED) is 0.501. The first-order valence-corrected chi connectivity index (χ1v) is 7.40. The number of rotatable bonds is 4. The van der Waals surface area contributed by atoms with Crippen LogP contribution in [0.5, 0.6) is 0 Å². The van der Waals surface area contributed by atoms with Gasteiger partial charge < -0.3 is 0 Å². The molecule has 0 radical (unpaired) electrons. The molecule has 4 nitrogen and oxygen atoms in total. The molecule has 2 atom stereocenters. The van der Waals surface area contributed by atoms with Crippen LogP contribution < -0.4 is 11.3 Å². The Balaban J connectivity index is 2.10. The van der Waals surface area contributed by atoms with Crippen LogP contribution in [0.1, 0.15) is 37.8 Å². The summed E-state index contributed by atoms with van der Waals surface area (Å²) in [5, 5.41) is 0. The van der Waals surface area contributed by atoms with E-state index in [9.17, 15) is 4.79 Å². The van der Waals surface area contributed by atoms with Gasteiger partial charge in [-0.15, -0.1) is 0 Å². The average Bonchev–Trinajstić information content (AvgIpc) is 2.44. The highest BCUT2D eigenvalue weighted by atomic mass is 16.2. The molecular weight excluding hydrogens is 250 g/mol. The lowest BCUT2D eigenvalue weighted by atomic mass is 9.94. The fourth-order valence-corrected chi connectivity index (χ4v) is 2.93. The van der Waals surface area contributed by atoms with Gasteiger partial charge in [-0.25, -0.2) is 5.84 Å². The van der Waals surface area contributed by atoms with Crippen LogP contribution in [-0.4, -0.2) is 23.4 Å². The maximum atomic E-state index is 11.5. The summed E-state index contributed by atoms with van der Waals surface area (Å²) in [6.07, 6.45) is 2.92. The number of hydrazine groups is 1. The molecular formula is C16H25N3O. The number of piperidine rings is 1. The molecule has 1 saturated heterocycles. The van der Waals surface area contributed by atoms with Crippen LogP contribution in [0.25, 0.3) is 0 Å². The van der Waals surface area contributed by atoms with Crippen LogP contribution in [-0.2, 0) is 17.8 Å². The highest BCUT2D eigenvalue weighted by Crippen LogP contribution is 2.24. The highest BCUT2D eigenvalue weighted by molar-refractivity contribution is 5.78. The van der Waals surface area contributed by atoms with Crippen molar-refractivity contribution in [1.82, 2.24) is 10.3 Å². The van der Waals surface area contributed by atoms with E-state index >= 15 is 0 Å². The van der Waals surface area contributed by atoms with Gasteiger partial charge in [-0.2, -0.15) is 0 Å². The number of nitrogens with two attached hydrogens (primary N) is 1. The predicted molar refractivity (Wildman–Crippen MR) is 80.7 cm³/mol. The topological polar surface area (TPSA) is 58.4 Å². The van der Waals surface area contributed by atoms with Gasteiger partial charge in [-0.05, 0) is 36.8 Å². The molecule has 0 bridgehead atoms. The van der Waals surface area contributed by atoms with Gasteiger partial charge in [0, 0.05) is 19.1 Å². The minimum absolute atomic E-state index is 0.141. The number of nitrogens with one attached hydrogen (secondary N) is 1. The SMILES string of the molecule is CC1CCC(C)N(Cc2ccccc2CC(=O)NN)C1. The Hall–Kier alpha value is -1.39. The van der Waals surface area contributed by atoms with E-state index in [0.717, 1.165) is 24.6 Å². The number of hydrogen-bond acceptors (Lipinski definition) is 3. The molecule has 110 valence electrons. The maximum Gasteiger partial charge on any atom is 0.238 e. The second-order valence-corrected chi connectivity index (χ2v) is 5.97. The van der Waals surface area contributed by atoms with Crippen molar-refractivity contribution >= 4 is 5.91 Å². The molecule has 1 fully saturated rings. The van der Waals surface area contributed by atoms with E-state index in [1.807, 2.05) is 18.2 Å². The third-order valence-electron chi connectivity index (χ3n) is 4.25. The molecule has 2 unspecified atom stereocenters. The summed E-state index contributed by atoms with van der Waals surface area (Å²) < 4.78 is 0. The molecule has 4 heteroatoms. The summed E-state index contributed by atoms with van der Waals surface area (Å²) in [6.45, 7) is 6.66. The number of carbonyl (C=O) groups excluding carboxylic acids is 1. The molecule has 1 aliphatic heterocycles. The zero-order valence-corrected chi connectivity index (χ0v) is 12.4. The molecule has 0 aromatic heterocycles. The summed E-state index contributed by atoms with van der Waals surface area (Å²) in [7, 11) is 0. The minimum atomic E-state index is -0.141. The van der Waals surface area contributed by atoms with Crippen molar-refractivity contribution in [2.45, 2.75) is 45.7 Å². The number of benzene rings is 1. The molecule has 0 spiro atoms. The molecule has 0 saturated carbocycles. The van der Waals surface area contributed by atoms with Crippen molar-refractivity contribution in [3.63, 3.8) is 0 Å². The second-order valence-electron chi connectivity index (χ2n) is 5.97. The number of nitrogens with zero attached hydrogens (tertiary/aromatic N) is 1. The summed E-state index contributed by atoms with van der Waals surface area (Å²) >= 11 is 0. The minimum Gasteiger partial charge on any atom is -0.296 e. The second kappa shape index (κ2) is 6.86. The Bertz CT molecular complexity index is 461. The normalized spacial score (nSPS) is 23.6. The van der Waals surface area contributed by atoms with Crippen LogP contribution in [0.15, 0.2) is 24.3 Å². The van der Waals surface area contributed by atoms with Gasteiger partial charge in [0.15, 0.2) is 0 Å². The smallest absolute Gasteiger partial charge is 0.238 e. The fraction of sp³-hybridized carbons (Fsp3) is 0.562. The van der Waals surface area contributed by atoms with E-state index in [-0.39, 0.29) is 5.91 Å². The van der Waals surface area contributed by atoms with E-state index < -0.39 is 0 Å². The molecule has 1 amide bonds. The van der Waals surface area contributed by atoms with Crippen LogP contribution in [0, 0.1) is 5.92 Å². The van der Waals surface area contributed by atoms with Crippen LogP contribution >= 0.6 is 0 Å². The monoisotopic (exact) mass is 275 g/mol. The van der Waals surface area contributed by atoms with Crippen LogP contribution in [0.2, 0.25) is 0 Å². The Labute approximate surface area is 121 Å². The van der Waals surface area contributed by atoms with Crippen molar-refractivity contribution in [3.8, 4) is 0 Å². The number of carbonyl (C=O) groups is 1. The number of hydrogen-bond donors (Lipinski definition) is 2. The maximum absolute atomic E-state index is 11.5. The first-order chi connectivity index (χ1) is 9.60. The zero-order chi connectivity index (χ0) is 14.5. The van der Waals surface area contributed by atoms with E-state index in [2.05, 4.69) is 30.2 Å². The van der Waals surface area contributed by atoms with Crippen molar-refractivity contribution < 1.29 is 4.79 Å². The van der Waals surface area contributed by atoms with Gasteiger partial charge in [0.1, 0.15) is 0 Å². The van der Waals surface area contributed by atoms with Gasteiger partial charge in [-0.3, -0.25) is 15.1 Å². The Kier molecular flexibility index (Phi) is 5.15. The first-order valence-electron chi connectivity index (χ1n) is 7.40. The Morgan fingerprint density at radius 3 is 2.70 bits per heavy atom. The molecule has 3 N–H and O–H groups in total. The molecule has 1 aromatic rings. The van der Waals surface area contributed by atoms with Gasteiger partial charge in [0.05, 0.1) is 6.42 Å². The summed E-state index contributed by atoms with van der Waals surface area (Å²) in [5.41, 5.74) is 4.51. The van der Waals surface area contributed by atoms with Crippen LogP contribution in [0.3, 0.4) is 0 Å². The summed E-state index contributed by atoms with van der Waals surface area (Å²) in [5.74, 6) is 5.80. The van der Waals surface area contributed by atoms with E-state index in [4.69, 9.17) is 5.84 Å². The third kappa shape index (κ3) is 3.81. The van der Waals surface area contributed by atoms with Crippen molar-refractivity contribution in [1.29, 1.82) is 0 Å². The van der Waals surface area contributed by atoms with Crippen molar-refractivity contribution in [2.24, 2.45) is 11.8 Å². The third-order valence-corrected chi connectivity index (χ3v) is 4.25. The summed E-state index contributed by atoms with van der Waals surface area (Å²) in [4.78, 5) is 14.0. The van der Waals surface area contributed by atoms with Gasteiger partial charge >= 0.3 is 0 Å². The molecule has 1 heterocycles. The lowest BCUT2D eigenvalue weighted by molar-refractivity contribution is -0.120. The zero-order valence-electron chi connectivity index (χ0n) is 12.4. The molecule has 20 heavy (non-hydrogen) atoms. The highest BCUT2D eigenvalue weighted by Gasteiger charge is 2.23. The van der Waals surface area contributed by atoms with Crippen molar-refractivity contribution in [3.05, 3.63) is 35.4 Å². The number of likely N-dealkylation sites (tertiary alicyclic amines) is 1. The molecule has 2 rings (SSSR count). The lowest BCUT2D eigenvalue weighted by Gasteiger charge is -2.37. The summed E-state index contributed by atoms with van der Waals surface area (Å²) in [6, 6.07) is 8.76. The fourth-order valence-electron chi connectivity index (χ4n) is 2.93. The Morgan fingerprint density at radius 1 is 1.30 bits per heavy atom. The average molecular weight is 275 g/mol. The molecule has 1 aromatic carbocycles. The van der Waals surface area contributed by atoms with E-state index in [0.29, 0.717) is 12.5 Å². The van der Waals surface area contributed by atoms with Gasteiger partial charge in [-0.1, -0.05) is 31.2 Å². The van der Waals surface area contributed by atoms with Crippen LogP contribution in [0.4, 0.5) is 0 Å². The van der Waals surface area contributed by atoms with Gasteiger partial charge in [0.2, 0.25) is 5.91 Å². The number of amides is 1. The predicted octanol–water partition coefficient (Wildman–Crippen LogP) is 1.84. The van der Waals surface area contributed by atoms with Crippen molar-refractivity contribution in [2.75, 3.05) is 6.54 Å². The lowest BCUT2D eigenvalue weighted by Crippen LogP contribution is -2.40. The van der Waals surface area contributed by atoms with E-state index in [1.165, 1.54) is 18.4 Å². The largest absolute Gasteiger partial charge is 0.296 e.